The topological polar surface area (TPSA) is 108 Å². The lowest BCUT2D eigenvalue weighted by atomic mass is 10.1. The monoisotopic (exact) mass is 308 g/mol. The van der Waals surface area contributed by atoms with Crippen molar-refractivity contribution in [2.45, 2.75) is 19.9 Å². The molecule has 0 heterocycles. The molecule has 1 aromatic carbocycles. The molecule has 7 heteroatoms. The van der Waals surface area contributed by atoms with E-state index in [0.717, 1.165) is 0 Å². The maximum Gasteiger partial charge on any atom is 0.243 e. The second-order valence-corrected chi connectivity index (χ2v) is 5.25. The Bertz CT molecular complexity index is 581. The predicted molar refractivity (Wildman–Crippen MR) is 80.6 cm³/mol. The molecule has 6 nitrogen and oxygen atoms in total. The Hall–Kier alpha value is -2.10. The van der Waals surface area contributed by atoms with Crippen molar-refractivity contribution in [2.24, 2.45) is 11.7 Å². The van der Waals surface area contributed by atoms with E-state index in [4.69, 9.17) is 22.6 Å². The second kappa shape index (κ2) is 7.62. The van der Waals surface area contributed by atoms with Crippen molar-refractivity contribution < 1.29 is 9.59 Å². The summed E-state index contributed by atoms with van der Waals surface area (Å²) in [6, 6.07) is 5.81. The van der Waals surface area contributed by atoms with E-state index >= 15 is 0 Å². The van der Waals surface area contributed by atoms with E-state index in [1.54, 1.807) is 6.07 Å². The second-order valence-electron chi connectivity index (χ2n) is 4.84. The van der Waals surface area contributed by atoms with Crippen LogP contribution in [0.5, 0.6) is 0 Å². The van der Waals surface area contributed by atoms with Crippen molar-refractivity contribution in [3.63, 3.8) is 0 Å². The number of hydrogen-bond acceptors (Lipinski definition) is 4. The molecule has 21 heavy (non-hydrogen) atoms. The van der Waals surface area contributed by atoms with Crippen LogP contribution in [0.2, 0.25) is 5.02 Å². The van der Waals surface area contributed by atoms with E-state index in [0.29, 0.717) is 11.3 Å². The summed E-state index contributed by atoms with van der Waals surface area (Å²) in [4.78, 5) is 23.3. The number of nitriles is 1. The fourth-order valence-electron chi connectivity index (χ4n) is 1.48. The predicted octanol–water partition coefficient (Wildman–Crippen LogP) is 1.25. The molecule has 0 spiro atoms. The van der Waals surface area contributed by atoms with Gasteiger partial charge in [0, 0.05) is 5.69 Å². The minimum atomic E-state index is -0.651. The van der Waals surface area contributed by atoms with Gasteiger partial charge in [-0.3, -0.25) is 9.59 Å². The fourth-order valence-corrected chi connectivity index (χ4v) is 1.70. The van der Waals surface area contributed by atoms with Crippen molar-refractivity contribution in [1.82, 2.24) is 5.32 Å². The SMILES string of the molecule is CC(C)[C@H](N)C(=O)NCC(=O)Nc1ccc(C#N)c(Cl)c1. The van der Waals surface area contributed by atoms with Crippen LogP contribution in [-0.4, -0.2) is 24.4 Å². The van der Waals surface area contributed by atoms with Gasteiger partial charge in [-0.25, -0.2) is 0 Å². The number of nitrogens with one attached hydrogen (secondary N) is 2. The van der Waals surface area contributed by atoms with E-state index in [-0.39, 0.29) is 23.4 Å². The molecule has 0 aromatic heterocycles. The molecule has 2 amide bonds. The van der Waals surface area contributed by atoms with E-state index in [1.807, 2.05) is 19.9 Å². The van der Waals surface area contributed by atoms with Crippen LogP contribution in [0.1, 0.15) is 19.4 Å². The van der Waals surface area contributed by atoms with Crippen LogP contribution in [0.25, 0.3) is 0 Å². The van der Waals surface area contributed by atoms with Gasteiger partial charge in [0.05, 0.1) is 23.2 Å². The molecule has 1 rings (SSSR count). The Labute approximate surface area is 128 Å². The fraction of sp³-hybridized carbons (Fsp3) is 0.357. The number of benzene rings is 1. The lowest BCUT2D eigenvalue weighted by Crippen LogP contribution is -2.46. The minimum Gasteiger partial charge on any atom is -0.346 e. The van der Waals surface area contributed by atoms with Gasteiger partial charge >= 0.3 is 0 Å². The first-order chi connectivity index (χ1) is 9.85. The van der Waals surface area contributed by atoms with Crippen molar-refractivity contribution in [3.8, 4) is 6.07 Å². The highest BCUT2D eigenvalue weighted by molar-refractivity contribution is 6.32. The molecule has 0 saturated heterocycles. The van der Waals surface area contributed by atoms with Crippen molar-refractivity contribution in [3.05, 3.63) is 28.8 Å². The van der Waals surface area contributed by atoms with E-state index < -0.39 is 11.9 Å². The van der Waals surface area contributed by atoms with Gasteiger partial charge in [-0.2, -0.15) is 5.26 Å². The average molecular weight is 309 g/mol. The zero-order valence-corrected chi connectivity index (χ0v) is 12.6. The maximum absolute atomic E-state index is 11.7. The number of carbonyl (C=O) groups excluding carboxylic acids is 2. The lowest BCUT2D eigenvalue weighted by Gasteiger charge is -2.15. The van der Waals surface area contributed by atoms with Gasteiger partial charge in [0.15, 0.2) is 0 Å². The van der Waals surface area contributed by atoms with Gasteiger partial charge in [-0.1, -0.05) is 25.4 Å². The van der Waals surface area contributed by atoms with Gasteiger partial charge in [0.2, 0.25) is 11.8 Å². The third-order valence-corrected chi connectivity index (χ3v) is 3.13. The summed E-state index contributed by atoms with van der Waals surface area (Å²) in [5.41, 5.74) is 6.43. The quantitative estimate of drug-likeness (QED) is 0.760. The zero-order valence-electron chi connectivity index (χ0n) is 11.8. The third kappa shape index (κ3) is 5.06. The minimum absolute atomic E-state index is 0.00889. The summed E-state index contributed by atoms with van der Waals surface area (Å²) in [5.74, 6) is -0.788. The van der Waals surface area contributed by atoms with Crippen molar-refractivity contribution in [1.29, 1.82) is 5.26 Å². The van der Waals surface area contributed by atoms with Crippen LogP contribution < -0.4 is 16.4 Å². The normalized spacial score (nSPS) is 11.6. The Morgan fingerprint density at radius 3 is 2.62 bits per heavy atom. The number of nitrogens with two attached hydrogens (primary N) is 1. The Morgan fingerprint density at radius 2 is 2.10 bits per heavy atom. The number of anilines is 1. The first-order valence-electron chi connectivity index (χ1n) is 6.38. The largest absolute Gasteiger partial charge is 0.346 e. The Morgan fingerprint density at radius 1 is 1.43 bits per heavy atom. The van der Waals surface area contributed by atoms with Gasteiger partial charge < -0.3 is 16.4 Å². The zero-order chi connectivity index (χ0) is 16.0. The molecule has 0 unspecified atom stereocenters. The van der Waals surface area contributed by atoms with Gasteiger partial charge in [-0.15, -0.1) is 0 Å². The number of amides is 2. The highest BCUT2D eigenvalue weighted by atomic mass is 35.5. The molecular weight excluding hydrogens is 292 g/mol. The molecule has 0 fully saturated rings. The van der Waals surface area contributed by atoms with Crippen LogP contribution in [0.3, 0.4) is 0 Å². The molecule has 0 aliphatic rings. The van der Waals surface area contributed by atoms with E-state index in [9.17, 15) is 9.59 Å². The number of rotatable bonds is 5. The van der Waals surface area contributed by atoms with Crippen molar-refractivity contribution in [2.75, 3.05) is 11.9 Å². The average Bonchev–Trinajstić information content (AvgIpc) is 2.44. The molecule has 0 aliphatic carbocycles. The summed E-state index contributed by atoms with van der Waals surface area (Å²) in [5, 5.41) is 14.0. The van der Waals surface area contributed by atoms with E-state index in [2.05, 4.69) is 10.6 Å². The molecule has 4 N–H and O–H groups in total. The van der Waals surface area contributed by atoms with Crippen molar-refractivity contribution >= 4 is 29.1 Å². The van der Waals surface area contributed by atoms with Crippen LogP contribution in [0.4, 0.5) is 5.69 Å². The summed E-state index contributed by atoms with van der Waals surface area (Å²) >= 11 is 5.86. The van der Waals surface area contributed by atoms with Gasteiger partial charge in [-0.05, 0) is 24.1 Å². The first kappa shape index (κ1) is 17.0. The molecule has 112 valence electrons. The lowest BCUT2D eigenvalue weighted by molar-refractivity contribution is -0.125. The summed E-state index contributed by atoms with van der Waals surface area (Å²) in [6.07, 6.45) is 0. The van der Waals surface area contributed by atoms with Gasteiger partial charge in [0.25, 0.3) is 0 Å². The first-order valence-corrected chi connectivity index (χ1v) is 6.75. The summed E-state index contributed by atoms with van der Waals surface area (Å²) < 4.78 is 0. The molecule has 0 aliphatic heterocycles. The highest BCUT2D eigenvalue weighted by Gasteiger charge is 2.17. The van der Waals surface area contributed by atoms with E-state index in [1.165, 1.54) is 12.1 Å². The summed E-state index contributed by atoms with van der Waals surface area (Å²) in [7, 11) is 0. The summed E-state index contributed by atoms with van der Waals surface area (Å²) in [6.45, 7) is 3.46. The number of halogens is 1. The number of nitrogens with zero attached hydrogens (tertiary/aromatic N) is 1. The molecule has 0 bridgehead atoms. The Balaban J connectivity index is 2.53. The molecule has 1 atom stereocenters. The smallest absolute Gasteiger partial charge is 0.243 e. The third-order valence-electron chi connectivity index (χ3n) is 2.82. The highest BCUT2D eigenvalue weighted by Crippen LogP contribution is 2.19. The van der Waals surface area contributed by atoms with Crippen LogP contribution in [0.15, 0.2) is 18.2 Å². The molecule has 1 aromatic rings. The van der Waals surface area contributed by atoms with Crippen LogP contribution in [-0.2, 0) is 9.59 Å². The van der Waals surface area contributed by atoms with Crippen LogP contribution in [0, 0.1) is 17.2 Å². The standard InChI is InChI=1S/C14H17ClN4O2/c1-8(2)13(17)14(21)18-7-12(20)19-10-4-3-9(6-16)11(15)5-10/h3-5,8,13H,7,17H2,1-2H3,(H,18,21)(H,19,20)/t13-/m0/s1. The molecular formula is C14H17ClN4O2. The number of hydrogen-bond donors (Lipinski definition) is 3. The maximum atomic E-state index is 11.7. The molecule has 0 radical (unpaired) electrons. The number of carbonyl (C=O) groups is 2. The van der Waals surface area contributed by atoms with Gasteiger partial charge in [0.1, 0.15) is 6.07 Å². The Kier molecular flexibility index (Phi) is 6.15. The molecule has 0 saturated carbocycles. The van der Waals surface area contributed by atoms with Crippen LogP contribution >= 0.6 is 11.6 Å².